The lowest BCUT2D eigenvalue weighted by molar-refractivity contribution is -0.131. The highest BCUT2D eigenvalue weighted by molar-refractivity contribution is 6.30. The van der Waals surface area contributed by atoms with Crippen LogP contribution in [0.5, 0.6) is 11.6 Å². The number of nitrogens with one attached hydrogen (secondary N) is 1. The minimum absolute atomic E-state index is 0.0671. The summed E-state index contributed by atoms with van der Waals surface area (Å²) < 4.78 is 7.09. The Kier molecular flexibility index (Phi) is 6.65. The molecule has 0 bridgehead atoms. The van der Waals surface area contributed by atoms with Gasteiger partial charge in [-0.2, -0.15) is 5.10 Å². The smallest absolute Gasteiger partial charge is 0.333 e. The standard InChI is InChI=1S/C24H24ClN5O5/c1-28-22(32)21(23(33)29(2)24(28)34)18-12-19(14-4-10-17(35-3)11-5-14)30(27-18)20(31)13-26-16-8-6-15(25)7-9-16/h4-11,19,26,32H,12-13H2,1-3H3/t19-/m1/s1. The molecule has 2 N–H and O–H groups in total. The molecule has 3 aromatic rings. The maximum absolute atomic E-state index is 13.2. The molecule has 2 aromatic carbocycles. The molecule has 1 aliphatic heterocycles. The molecule has 0 fully saturated rings. The summed E-state index contributed by atoms with van der Waals surface area (Å²) in [5.74, 6) is -0.199. The fourth-order valence-corrected chi connectivity index (χ4v) is 4.02. The number of anilines is 1. The summed E-state index contributed by atoms with van der Waals surface area (Å²) in [6.07, 6.45) is 0.167. The van der Waals surface area contributed by atoms with Crippen molar-refractivity contribution in [2.75, 3.05) is 19.0 Å². The molecule has 11 heteroatoms. The summed E-state index contributed by atoms with van der Waals surface area (Å²) >= 11 is 5.92. The minimum Gasteiger partial charge on any atom is -0.497 e. The Balaban J connectivity index is 1.70. The molecule has 2 heterocycles. The molecule has 0 saturated heterocycles. The zero-order chi connectivity index (χ0) is 25.3. The summed E-state index contributed by atoms with van der Waals surface area (Å²) in [6, 6.07) is 13.5. The lowest BCUT2D eigenvalue weighted by Gasteiger charge is -2.22. The van der Waals surface area contributed by atoms with Crippen LogP contribution in [0.25, 0.3) is 0 Å². The predicted octanol–water partition coefficient (Wildman–Crippen LogP) is 2.24. The van der Waals surface area contributed by atoms with Crippen LogP contribution in [0.1, 0.15) is 23.6 Å². The van der Waals surface area contributed by atoms with Gasteiger partial charge in [0.05, 0.1) is 25.4 Å². The molecule has 35 heavy (non-hydrogen) atoms. The largest absolute Gasteiger partial charge is 0.497 e. The highest BCUT2D eigenvalue weighted by Gasteiger charge is 2.35. The third-order valence-electron chi connectivity index (χ3n) is 5.88. The van der Waals surface area contributed by atoms with Gasteiger partial charge >= 0.3 is 5.69 Å². The van der Waals surface area contributed by atoms with Gasteiger partial charge in [0, 0.05) is 31.2 Å². The van der Waals surface area contributed by atoms with E-state index in [2.05, 4.69) is 10.4 Å². The van der Waals surface area contributed by atoms with E-state index in [-0.39, 0.29) is 30.1 Å². The van der Waals surface area contributed by atoms with Crippen LogP contribution < -0.4 is 21.3 Å². The van der Waals surface area contributed by atoms with E-state index in [1.54, 1.807) is 43.5 Å². The average molecular weight is 498 g/mol. The zero-order valence-corrected chi connectivity index (χ0v) is 20.1. The third-order valence-corrected chi connectivity index (χ3v) is 6.13. The number of aromatic nitrogens is 2. The Bertz CT molecular complexity index is 1410. The van der Waals surface area contributed by atoms with Gasteiger partial charge in [-0.1, -0.05) is 23.7 Å². The van der Waals surface area contributed by atoms with Crippen LogP contribution >= 0.6 is 11.6 Å². The van der Waals surface area contributed by atoms with E-state index in [4.69, 9.17) is 16.3 Å². The van der Waals surface area contributed by atoms with Crippen LogP contribution in [-0.4, -0.2) is 44.5 Å². The summed E-state index contributed by atoms with van der Waals surface area (Å²) in [7, 11) is 4.24. The lowest BCUT2D eigenvalue weighted by Crippen LogP contribution is -2.39. The van der Waals surface area contributed by atoms with Crippen molar-refractivity contribution in [3.63, 3.8) is 0 Å². The molecule has 0 saturated carbocycles. The van der Waals surface area contributed by atoms with Gasteiger partial charge in [0.1, 0.15) is 11.3 Å². The van der Waals surface area contributed by atoms with Gasteiger partial charge in [-0.25, -0.2) is 9.80 Å². The monoisotopic (exact) mass is 497 g/mol. The first-order chi connectivity index (χ1) is 16.7. The Morgan fingerprint density at radius 1 is 1.11 bits per heavy atom. The number of hydrogen-bond donors (Lipinski definition) is 2. The topological polar surface area (TPSA) is 118 Å². The van der Waals surface area contributed by atoms with Crippen LogP contribution in [0.2, 0.25) is 5.02 Å². The molecule has 1 aromatic heterocycles. The first-order valence-corrected chi connectivity index (χ1v) is 11.1. The van der Waals surface area contributed by atoms with Gasteiger partial charge in [0.2, 0.25) is 5.88 Å². The van der Waals surface area contributed by atoms with Gasteiger partial charge < -0.3 is 15.2 Å². The zero-order valence-electron chi connectivity index (χ0n) is 19.4. The van der Waals surface area contributed by atoms with Crippen molar-refractivity contribution in [3.05, 3.63) is 85.5 Å². The third kappa shape index (κ3) is 4.65. The molecule has 1 aliphatic rings. The van der Waals surface area contributed by atoms with Crippen LogP contribution in [0.15, 0.2) is 63.2 Å². The molecule has 182 valence electrons. The number of amides is 1. The number of nitrogens with zero attached hydrogens (tertiary/aromatic N) is 4. The van der Waals surface area contributed by atoms with E-state index in [1.807, 2.05) is 12.1 Å². The van der Waals surface area contributed by atoms with Crippen molar-refractivity contribution in [3.8, 4) is 11.6 Å². The number of ether oxygens (including phenoxy) is 1. The van der Waals surface area contributed by atoms with E-state index in [0.29, 0.717) is 16.5 Å². The first kappa shape index (κ1) is 24.1. The number of hydrogen-bond acceptors (Lipinski definition) is 7. The predicted molar refractivity (Wildman–Crippen MR) is 132 cm³/mol. The lowest BCUT2D eigenvalue weighted by atomic mass is 9.99. The van der Waals surface area contributed by atoms with Crippen LogP contribution in [0.3, 0.4) is 0 Å². The maximum Gasteiger partial charge on any atom is 0.333 e. The normalized spacial score (nSPS) is 15.1. The van der Waals surface area contributed by atoms with Gasteiger partial charge in [0.15, 0.2) is 0 Å². The fraction of sp³-hybridized carbons (Fsp3) is 0.250. The van der Waals surface area contributed by atoms with Gasteiger partial charge in [0.25, 0.3) is 11.5 Å². The number of aromatic hydroxyl groups is 1. The van der Waals surface area contributed by atoms with E-state index in [1.165, 1.54) is 19.1 Å². The van der Waals surface area contributed by atoms with Crippen molar-refractivity contribution >= 4 is 28.9 Å². The Labute approximate surface area is 205 Å². The number of methoxy groups -OCH3 is 1. The maximum atomic E-state index is 13.2. The van der Waals surface area contributed by atoms with Gasteiger partial charge in [-0.15, -0.1) is 0 Å². The highest BCUT2D eigenvalue weighted by atomic mass is 35.5. The molecule has 0 unspecified atom stereocenters. The molecule has 0 spiro atoms. The molecular formula is C24H24ClN5O5. The van der Waals surface area contributed by atoms with E-state index in [9.17, 15) is 19.5 Å². The number of benzene rings is 2. The number of hydrazone groups is 1. The summed E-state index contributed by atoms with van der Waals surface area (Å²) in [6.45, 7) is -0.0671. The number of carbonyl (C=O) groups is 1. The molecular weight excluding hydrogens is 474 g/mol. The highest BCUT2D eigenvalue weighted by Crippen LogP contribution is 2.34. The van der Waals surface area contributed by atoms with Crippen molar-refractivity contribution in [2.45, 2.75) is 12.5 Å². The minimum atomic E-state index is -0.689. The molecule has 10 nitrogen and oxygen atoms in total. The number of halogens is 1. The molecule has 1 amide bonds. The summed E-state index contributed by atoms with van der Waals surface area (Å²) in [5, 5.41) is 19.9. The second-order valence-electron chi connectivity index (χ2n) is 8.04. The van der Waals surface area contributed by atoms with E-state index < -0.39 is 23.2 Å². The average Bonchev–Trinajstić information content (AvgIpc) is 3.31. The van der Waals surface area contributed by atoms with Crippen molar-refractivity contribution in [1.82, 2.24) is 14.1 Å². The first-order valence-electron chi connectivity index (χ1n) is 10.7. The van der Waals surface area contributed by atoms with Gasteiger partial charge in [-0.05, 0) is 42.0 Å². The molecule has 4 rings (SSSR count). The van der Waals surface area contributed by atoms with Crippen LogP contribution in [-0.2, 0) is 18.9 Å². The Morgan fingerprint density at radius 2 is 1.77 bits per heavy atom. The van der Waals surface area contributed by atoms with Gasteiger partial charge in [-0.3, -0.25) is 18.7 Å². The second-order valence-corrected chi connectivity index (χ2v) is 8.48. The van der Waals surface area contributed by atoms with Crippen molar-refractivity contribution in [1.29, 1.82) is 0 Å². The van der Waals surface area contributed by atoms with E-state index >= 15 is 0 Å². The van der Waals surface area contributed by atoms with Crippen LogP contribution in [0.4, 0.5) is 5.69 Å². The van der Waals surface area contributed by atoms with Crippen LogP contribution in [0, 0.1) is 0 Å². The number of rotatable bonds is 6. The van der Waals surface area contributed by atoms with Crippen molar-refractivity contribution < 1.29 is 14.6 Å². The molecule has 1 atom stereocenters. The van der Waals surface area contributed by atoms with Crippen molar-refractivity contribution in [2.24, 2.45) is 19.2 Å². The summed E-state index contributed by atoms with van der Waals surface area (Å²) in [4.78, 5) is 38.3. The SMILES string of the molecule is COc1ccc([C@H]2CC(c3c(O)n(C)c(=O)n(C)c3=O)=NN2C(=O)CNc2ccc(Cl)cc2)cc1. The molecule has 0 radical (unpaired) electrons. The quantitative estimate of drug-likeness (QED) is 0.539. The molecule has 0 aliphatic carbocycles. The Hall–Kier alpha value is -4.05. The Morgan fingerprint density at radius 3 is 2.40 bits per heavy atom. The fourth-order valence-electron chi connectivity index (χ4n) is 3.89. The second kappa shape index (κ2) is 9.67. The van der Waals surface area contributed by atoms with E-state index in [0.717, 1.165) is 14.7 Å². The number of carbonyl (C=O) groups excluding carboxylic acids is 1. The summed E-state index contributed by atoms with van der Waals surface area (Å²) in [5.41, 5.74) is 0.212.